The van der Waals surface area contributed by atoms with Gasteiger partial charge in [0.05, 0.1) is 22.3 Å². The molecule has 1 aliphatic rings. The van der Waals surface area contributed by atoms with Crippen LogP contribution in [0.15, 0.2) is 29.2 Å². The Bertz CT molecular complexity index is 619. The Labute approximate surface area is 126 Å². The summed E-state index contributed by atoms with van der Waals surface area (Å²) in [6, 6.07) is 8.62. The third-order valence-corrected chi connectivity index (χ3v) is 5.75. The van der Waals surface area contributed by atoms with Crippen molar-refractivity contribution in [1.82, 2.24) is 4.90 Å². The molecule has 114 valence electrons. The molecule has 0 bridgehead atoms. The summed E-state index contributed by atoms with van der Waals surface area (Å²) >= 11 is 0. The molecule has 0 spiro atoms. The average Bonchev–Trinajstić information content (AvgIpc) is 2.46. The van der Waals surface area contributed by atoms with Crippen LogP contribution in [-0.4, -0.2) is 44.2 Å². The zero-order valence-electron chi connectivity index (χ0n) is 12.2. The number of hydrogen-bond donors (Lipinski definition) is 1. The van der Waals surface area contributed by atoms with Crippen LogP contribution in [0.1, 0.15) is 25.3 Å². The number of nitrogens with zero attached hydrogens (tertiary/aromatic N) is 2. The van der Waals surface area contributed by atoms with Crippen molar-refractivity contribution in [2.24, 2.45) is 5.73 Å². The van der Waals surface area contributed by atoms with E-state index in [9.17, 15) is 8.42 Å². The molecule has 0 radical (unpaired) electrons. The molecule has 1 aromatic carbocycles. The summed E-state index contributed by atoms with van der Waals surface area (Å²) in [6.45, 7) is 3.47. The maximum absolute atomic E-state index is 12.3. The van der Waals surface area contributed by atoms with Crippen molar-refractivity contribution in [3.8, 4) is 6.07 Å². The molecule has 0 aromatic heterocycles. The molecule has 1 heterocycles. The first-order chi connectivity index (χ1) is 9.92. The van der Waals surface area contributed by atoms with E-state index in [1.54, 1.807) is 0 Å². The van der Waals surface area contributed by atoms with E-state index in [4.69, 9.17) is 11.0 Å². The topological polar surface area (TPSA) is 87.2 Å². The maximum atomic E-state index is 12.3. The van der Waals surface area contributed by atoms with Crippen molar-refractivity contribution in [2.75, 3.05) is 18.8 Å². The average molecular weight is 307 g/mol. The van der Waals surface area contributed by atoms with Crippen LogP contribution in [0.4, 0.5) is 0 Å². The molecule has 0 aliphatic carbocycles. The van der Waals surface area contributed by atoms with Crippen LogP contribution in [-0.2, 0) is 9.84 Å². The standard InChI is InChI=1S/C15H21N3O2S/c1-12-10-14(17)6-7-18(12)8-9-21(19,20)15-4-2-13(11-16)3-5-15/h2-5,12,14H,6-10,17H2,1H3. The molecule has 2 rings (SSSR count). The normalized spacial score (nSPS) is 23.7. The third-order valence-electron chi connectivity index (χ3n) is 4.04. The first-order valence-electron chi connectivity index (χ1n) is 7.15. The fourth-order valence-corrected chi connectivity index (χ4v) is 3.94. The van der Waals surface area contributed by atoms with E-state index in [-0.39, 0.29) is 16.7 Å². The van der Waals surface area contributed by atoms with E-state index in [0.29, 0.717) is 18.2 Å². The minimum atomic E-state index is -3.30. The van der Waals surface area contributed by atoms with Gasteiger partial charge in [0.2, 0.25) is 0 Å². The Morgan fingerprint density at radius 2 is 2.05 bits per heavy atom. The highest BCUT2D eigenvalue weighted by molar-refractivity contribution is 7.91. The van der Waals surface area contributed by atoms with E-state index in [2.05, 4.69) is 11.8 Å². The second-order valence-electron chi connectivity index (χ2n) is 5.62. The van der Waals surface area contributed by atoms with Crippen molar-refractivity contribution in [3.63, 3.8) is 0 Å². The van der Waals surface area contributed by atoms with E-state index >= 15 is 0 Å². The summed E-state index contributed by atoms with van der Waals surface area (Å²) in [4.78, 5) is 2.47. The summed E-state index contributed by atoms with van der Waals surface area (Å²) in [5.41, 5.74) is 6.38. The van der Waals surface area contributed by atoms with Crippen LogP contribution in [0, 0.1) is 11.3 Å². The highest BCUT2D eigenvalue weighted by atomic mass is 32.2. The van der Waals surface area contributed by atoms with Crippen LogP contribution in [0.25, 0.3) is 0 Å². The summed E-state index contributed by atoms with van der Waals surface area (Å²) in [6.07, 6.45) is 1.83. The number of likely N-dealkylation sites (tertiary alicyclic amines) is 1. The van der Waals surface area contributed by atoms with Gasteiger partial charge in [-0.1, -0.05) is 0 Å². The predicted octanol–water partition coefficient (Wildman–Crippen LogP) is 1.14. The van der Waals surface area contributed by atoms with Crippen LogP contribution in [0.3, 0.4) is 0 Å². The molecule has 0 amide bonds. The van der Waals surface area contributed by atoms with E-state index in [1.165, 1.54) is 24.3 Å². The highest BCUT2D eigenvalue weighted by Crippen LogP contribution is 2.17. The minimum Gasteiger partial charge on any atom is -0.328 e. The number of nitriles is 1. The summed E-state index contributed by atoms with van der Waals surface area (Å²) in [5.74, 6) is 0.0957. The van der Waals surface area contributed by atoms with Crippen LogP contribution < -0.4 is 5.73 Å². The van der Waals surface area contributed by atoms with Gasteiger partial charge in [0, 0.05) is 18.6 Å². The number of hydrogen-bond acceptors (Lipinski definition) is 5. The number of piperidine rings is 1. The summed E-state index contributed by atoms with van der Waals surface area (Å²) < 4.78 is 24.6. The Kier molecular flexibility index (Phi) is 4.99. The molecule has 2 N–H and O–H groups in total. The molecular weight excluding hydrogens is 286 g/mol. The first kappa shape index (κ1) is 16.0. The van der Waals surface area contributed by atoms with E-state index < -0.39 is 9.84 Å². The summed E-state index contributed by atoms with van der Waals surface area (Å²) in [5, 5.41) is 8.74. The fourth-order valence-electron chi connectivity index (χ4n) is 2.68. The lowest BCUT2D eigenvalue weighted by atomic mass is 9.99. The van der Waals surface area contributed by atoms with Crippen LogP contribution in [0.2, 0.25) is 0 Å². The Morgan fingerprint density at radius 1 is 1.38 bits per heavy atom. The van der Waals surface area contributed by atoms with Gasteiger partial charge in [-0.25, -0.2) is 8.42 Å². The second kappa shape index (κ2) is 6.56. The second-order valence-corrected chi connectivity index (χ2v) is 7.73. The van der Waals surface area contributed by atoms with Gasteiger partial charge in [-0.05, 0) is 50.6 Å². The van der Waals surface area contributed by atoms with Gasteiger partial charge in [0.1, 0.15) is 0 Å². The molecular formula is C15H21N3O2S. The van der Waals surface area contributed by atoms with Crippen molar-refractivity contribution >= 4 is 9.84 Å². The smallest absolute Gasteiger partial charge is 0.179 e. The van der Waals surface area contributed by atoms with Gasteiger partial charge in [-0.15, -0.1) is 0 Å². The SMILES string of the molecule is CC1CC(N)CCN1CCS(=O)(=O)c1ccc(C#N)cc1. The molecule has 2 unspecified atom stereocenters. The van der Waals surface area contributed by atoms with Gasteiger partial charge in [0.15, 0.2) is 9.84 Å². The molecule has 2 atom stereocenters. The third kappa shape index (κ3) is 4.03. The summed E-state index contributed by atoms with van der Waals surface area (Å²) in [7, 11) is -3.30. The molecule has 0 saturated carbocycles. The monoisotopic (exact) mass is 307 g/mol. The lowest BCUT2D eigenvalue weighted by Gasteiger charge is -2.36. The van der Waals surface area contributed by atoms with Gasteiger partial charge in [0.25, 0.3) is 0 Å². The lowest BCUT2D eigenvalue weighted by Crippen LogP contribution is -2.47. The lowest BCUT2D eigenvalue weighted by molar-refractivity contribution is 0.156. The van der Waals surface area contributed by atoms with Gasteiger partial charge < -0.3 is 5.73 Å². The number of rotatable bonds is 4. The molecule has 5 nitrogen and oxygen atoms in total. The quantitative estimate of drug-likeness (QED) is 0.901. The molecule has 21 heavy (non-hydrogen) atoms. The van der Waals surface area contributed by atoms with Crippen molar-refractivity contribution in [1.29, 1.82) is 5.26 Å². The van der Waals surface area contributed by atoms with Crippen LogP contribution >= 0.6 is 0 Å². The maximum Gasteiger partial charge on any atom is 0.179 e. The number of nitrogens with two attached hydrogens (primary N) is 1. The Balaban J connectivity index is 1.99. The van der Waals surface area contributed by atoms with Gasteiger partial charge >= 0.3 is 0 Å². The largest absolute Gasteiger partial charge is 0.328 e. The molecule has 1 fully saturated rings. The van der Waals surface area contributed by atoms with Gasteiger partial charge in [-0.3, -0.25) is 4.90 Å². The van der Waals surface area contributed by atoms with Crippen LogP contribution in [0.5, 0.6) is 0 Å². The number of benzene rings is 1. The Hall–Kier alpha value is -1.42. The molecule has 1 saturated heterocycles. The number of sulfone groups is 1. The zero-order valence-corrected chi connectivity index (χ0v) is 13.0. The van der Waals surface area contributed by atoms with E-state index in [1.807, 2.05) is 6.07 Å². The minimum absolute atomic E-state index is 0.0957. The van der Waals surface area contributed by atoms with Gasteiger partial charge in [-0.2, -0.15) is 5.26 Å². The molecule has 6 heteroatoms. The predicted molar refractivity (Wildman–Crippen MR) is 81.5 cm³/mol. The van der Waals surface area contributed by atoms with E-state index in [0.717, 1.165) is 19.4 Å². The van der Waals surface area contributed by atoms with Crippen molar-refractivity contribution in [3.05, 3.63) is 29.8 Å². The first-order valence-corrected chi connectivity index (χ1v) is 8.80. The van der Waals surface area contributed by atoms with Crippen molar-refractivity contribution in [2.45, 2.75) is 36.7 Å². The highest BCUT2D eigenvalue weighted by Gasteiger charge is 2.25. The fraction of sp³-hybridized carbons (Fsp3) is 0.533. The zero-order chi connectivity index (χ0) is 15.5. The Morgan fingerprint density at radius 3 is 2.62 bits per heavy atom. The molecule has 1 aliphatic heterocycles. The molecule has 1 aromatic rings. The van der Waals surface area contributed by atoms with Crippen molar-refractivity contribution < 1.29 is 8.42 Å².